The monoisotopic (exact) mass is 473 g/mol. The van der Waals surface area contributed by atoms with E-state index in [1.165, 1.54) is 18.4 Å². The fourth-order valence-corrected chi connectivity index (χ4v) is 3.70. The summed E-state index contributed by atoms with van der Waals surface area (Å²) in [6.45, 7) is 8.46. The van der Waals surface area contributed by atoms with E-state index in [0.29, 0.717) is 17.9 Å². The second-order valence-corrected chi connectivity index (χ2v) is 7.51. The van der Waals surface area contributed by atoms with Gasteiger partial charge in [0.05, 0.1) is 19.8 Å². The van der Waals surface area contributed by atoms with E-state index in [-0.39, 0.29) is 24.0 Å². The Balaban J connectivity index is 0.00000243. The van der Waals surface area contributed by atoms with Gasteiger partial charge in [0.2, 0.25) is 0 Å². The number of nitrogens with zero attached hydrogens (tertiary/aromatic N) is 2. The number of hydrogen-bond acceptors (Lipinski definition) is 3. The van der Waals surface area contributed by atoms with Crippen LogP contribution in [-0.2, 0) is 16.1 Å². The van der Waals surface area contributed by atoms with Crippen molar-refractivity contribution in [3.63, 3.8) is 0 Å². The number of likely N-dealkylation sites (tertiary alicyclic amines) is 1. The van der Waals surface area contributed by atoms with Crippen LogP contribution in [0.1, 0.15) is 25.3 Å². The van der Waals surface area contributed by atoms with Crippen LogP contribution >= 0.6 is 24.0 Å². The smallest absolute Gasteiger partial charge is 0.193 e. The first-order valence-corrected chi connectivity index (χ1v) is 9.36. The van der Waals surface area contributed by atoms with Gasteiger partial charge in [-0.1, -0.05) is 37.3 Å². The third-order valence-corrected chi connectivity index (χ3v) is 5.26. The first kappa shape index (κ1) is 21.4. The Morgan fingerprint density at radius 3 is 2.85 bits per heavy atom. The molecule has 0 aromatic heterocycles. The van der Waals surface area contributed by atoms with Crippen LogP contribution in [0.5, 0.6) is 0 Å². The predicted molar refractivity (Wildman–Crippen MR) is 116 cm³/mol. The summed E-state index contributed by atoms with van der Waals surface area (Å²) in [5.41, 5.74) is 1.58. The lowest BCUT2D eigenvalue weighted by Crippen LogP contribution is -2.43. The minimum absolute atomic E-state index is 0. The number of halogens is 1. The van der Waals surface area contributed by atoms with Gasteiger partial charge in [0.25, 0.3) is 0 Å². The molecule has 26 heavy (non-hydrogen) atoms. The molecule has 5 nitrogen and oxygen atoms in total. The Hall–Kier alpha value is -0.860. The van der Waals surface area contributed by atoms with E-state index in [4.69, 9.17) is 9.47 Å². The molecule has 1 aromatic carbocycles. The van der Waals surface area contributed by atoms with Gasteiger partial charge in [0.1, 0.15) is 0 Å². The maximum absolute atomic E-state index is 5.84. The number of ether oxygens (including phenoxy) is 2. The van der Waals surface area contributed by atoms with Gasteiger partial charge in [-0.25, -0.2) is 0 Å². The Bertz CT molecular complexity index is 561. The highest BCUT2D eigenvalue weighted by atomic mass is 127. The zero-order valence-electron chi connectivity index (χ0n) is 15.9. The van der Waals surface area contributed by atoms with Crippen molar-refractivity contribution in [1.82, 2.24) is 10.2 Å². The lowest BCUT2D eigenvalue weighted by Gasteiger charge is -2.25. The number of aliphatic imine (C=N–C) groups is 1. The molecule has 0 bridgehead atoms. The summed E-state index contributed by atoms with van der Waals surface area (Å²) in [7, 11) is 1.87. The van der Waals surface area contributed by atoms with Crippen LogP contribution in [-0.4, -0.2) is 57.4 Å². The average molecular weight is 473 g/mol. The van der Waals surface area contributed by atoms with Crippen molar-refractivity contribution in [2.24, 2.45) is 16.3 Å². The fraction of sp³-hybridized carbons (Fsp3) is 0.650. The zero-order chi connectivity index (χ0) is 17.5. The zero-order valence-corrected chi connectivity index (χ0v) is 18.3. The molecule has 1 aromatic rings. The van der Waals surface area contributed by atoms with Crippen molar-refractivity contribution < 1.29 is 9.47 Å². The van der Waals surface area contributed by atoms with Crippen LogP contribution in [0.4, 0.5) is 0 Å². The van der Waals surface area contributed by atoms with Gasteiger partial charge < -0.3 is 19.7 Å². The molecule has 2 aliphatic heterocycles. The lowest BCUT2D eigenvalue weighted by atomic mass is 9.87. The van der Waals surface area contributed by atoms with Crippen molar-refractivity contribution in [3.8, 4) is 0 Å². The Kier molecular flexibility index (Phi) is 8.63. The molecule has 2 heterocycles. The molecule has 0 aliphatic carbocycles. The van der Waals surface area contributed by atoms with Crippen molar-refractivity contribution in [1.29, 1.82) is 0 Å². The Morgan fingerprint density at radius 2 is 2.15 bits per heavy atom. The van der Waals surface area contributed by atoms with E-state index in [0.717, 1.165) is 45.4 Å². The lowest BCUT2D eigenvalue weighted by molar-refractivity contribution is 0.0929. The largest absolute Gasteiger partial charge is 0.381 e. The molecule has 146 valence electrons. The van der Waals surface area contributed by atoms with E-state index in [1.54, 1.807) is 0 Å². The maximum atomic E-state index is 5.84. The molecule has 0 radical (unpaired) electrons. The van der Waals surface area contributed by atoms with Crippen LogP contribution in [0.15, 0.2) is 35.3 Å². The van der Waals surface area contributed by atoms with E-state index >= 15 is 0 Å². The molecule has 1 N–H and O–H groups in total. The molecular weight excluding hydrogens is 441 g/mol. The molecule has 1 spiro atoms. The predicted octanol–water partition coefficient (Wildman–Crippen LogP) is 3.15. The summed E-state index contributed by atoms with van der Waals surface area (Å²) in [6.07, 6.45) is 2.40. The molecule has 2 aliphatic rings. The third-order valence-electron chi connectivity index (χ3n) is 5.26. The highest BCUT2D eigenvalue weighted by molar-refractivity contribution is 14.0. The molecule has 2 fully saturated rings. The summed E-state index contributed by atoms with van der Waals surface area (Å²) in [5, 5.41) is 3.52. The van der Waals surface area contributed by atoms with E-state index in [2.05, 4.69) is 34.3 Å². The van der Waals surface area contributed by atoms with Gasteiger partial charge in [0, 0.05) is 38.7 Å². The molecule has 3 rings (SSSR count). The number of nitrogens with one attached hydrogen (secondary N) is 1. The van der Waals surface area contributed by atoms with Gasteiger partial charge >= 0.3 is 0 Å². The van der Waals surface area contributed by atoms with Crippen molar-refractivity contribution in [3.05, 3.63) is 35.9 Å². The van der Waals surface area contributed by atoms with Crippen molar-refractivity contribution in [2.75, 3.05) is 46.5 Å². The summed E-state index contributed by atoms with van der Waals surface area (Å²) >= 11 is 0. The summed E-state index contributed by atoms with van der Waals surface area (Å²) < 4.78 is 11.5. The minimum atomic E-state index is 0. The summed E-state index contributed by atoms with van der Waals surface area (Å²) in [5.74, 6) is 1.45. The average Bonchev–Trinajstić information content (AvgIpc) is 3.27. The first-order valence-electron chi connectivity index (χ1n) is 9.36. The molecule has 2 atom stereocenters. The maximum Gasteiger partial charge on any atom is 0.193 e. The standard InChI is InChI=1S/C20H31N3O2.HI/c1-17(13-25-14-18-6-4-3-5-7-18)12-22-19(21-2)23-10-8-20(15-23)9-11-24-16-20;/h3-7,17H,8-16H2,1-2H3,(H,21,22);1H. The highest BCUT2D eigenvalue weighted by Gasteiger charge is 2.42. The van der Waals surface area contributed by atoms with E-state index in [1.807, 2.05) is 25.2 Å². The highest BCUT2D eigenvalue weighted by Crippen LogP contribution is 2.38. The number of benzene rings is 1. The number of hydrogen-bond donors (Lipinski definition) is 1. The number of rotatable bonds is 6. The molecule has 0 amide bonds. The molecule has 2 saturated heterocycles. The van der Waals surface area contributed by atoms with E-state index in [9.17, 15) is 0 Å². The molecule has 2 unspecified atom stereocenters. The fourth-order valence-electron chi connectivity index (χ4n) is 3.70. The molecule has 6 heteroatoms. The second kappa shape index (κ2) is 10.5. The third kappa shape index (κ3) is 5.82. The quantitative estimate of drug-likeness (QED) is 0.392. The minimum Gasteiger partial charge on any atom is -0.381 e. The van der Waals surface area contributed by atoms with Gasteiger partial charge in [-0.15, -0.1) is 24.0 Å². The van der Waals surface area contributed by atoms with Crippen LogP contribution in [0, 0.1) is 11.3 Å². The van der Waals surface area contributed by atoms with Gasteiger partial charge in [-0.3, -0.25) is 4.99 Å². The van der Waals surface area contributed by atoms with Gasteiger partial charge in [-0.05, 0) is 24.3 Å². The topological polar surface area (TPSA) is 46.1 Å². The van der Waals surface area contributed by atoms with Crippen LogP contribution in [0.25, 0.3) is 0 Å². The molecular formula is C20H32IN3O2. The normalized spacial score (nSPS) is 23.9. The van der Waals surface area contributed by atoms with E-state index < -0.39 is 0 Å². The first-order chi connectivity index (χ1) is 12.2. The second-order valence-electron chi connectivity index (χ2n) is 7.51. The van der Waals surface area contributed by atoms with Crippen molar-refractivity contribution >= 4 is 29.9 Å². The van der Waals surface area contributed by atoms with Crippen molar-refractivity contribution in [2.45, 2.75) is 26.4 Å². The van der Waals surface area contributed by atoms with Crippen LogP contribution in [0.3, 0.4) is 0 Å². The van der Waals surface area contributed by atoms with Gasteiger partial charge in [0.15, 0.2) is 5.96 Å². The Labute approximate surface area is 174 Å². The summed E-state index contributed by atoms with van der Waals surface area (Å²) in [4.78, 5) is 6.86. The van der Waals surface area contributed by atoms with Crippen LogP contribution < -0.4 is 5.32 Å². The summed E-state index contributed by atoms with van der Waals surface area (Å²) in [6, 6.07) is 10.3. The SMILES string of the molecule is CN=C(NCC(C)COCc1ccccc1)N1CCC2(CCOC2)C1.I. The number of guanidine groups is 1. The Morgan fingerprint density at radius 1 is 1.35 bits per heavy atom. The van der Waals surface area contributed by atoms with Gasteiger partial charge in [-0.2, -0.15) is 0 Å². The molecule has 0 saturated carbocycles. The van der Waals surface area contributed by atoms with Crippen LogP contribution in [0.2, 0.25) is 0 Å².